The van der Waals surface area contributed by atoms with E-state index in [0.29, 0.717) is 29.5 Å². The van der Waals surface area contributed by atoms with Crippen molar-refractivity contribution in [3.05, 3.63) is 17.0 Å². The Morgan fingerprint density at radius 2 is 2.00 bits per heavy atom. The van der Waals surface area contributed by atoms with Crippen LogP contribution >= 0.6 is 0 Å². The van der Waals surface area contributed by atoms with E-state index >= 15 is 0 Å². The zero-order valence-corrected chi connectivity index (χ0v) is 15.5. The number of esters is 1. The summed E-state index contributed by atoms with van der Waals surface area (Å²) in [7, 11) is 0. The molecule has 0 aromatic carbocycles. The number of hydrogen-bond acceptors (Lipinski definition) is 7. The van der Waals surface area contributed by atoms with Crippen LogP contribution in [0.3, 0.4) is 0 Å². The normalized spacial score (nSPS) is 24.9. The molecular formula is C17H22N4O6. The van der Waals surface area contributed by atoms with Gasteiger partial charge in [0.1, 0.15) is 16.9 Å². The van der Waals surface area contributed by atoms with Gasteiger partial charge < -0.3 is 14.6 Å². The summed E-state index contributed by atoms with van der Waals surface area (Å²) < 4.78 is 9.79. The maximum Gasteiger partial charge on any atom is 0.344 e. The van der Waals surface area contributed by atoms with Gasteiger partial charge in [-0.3, -0.25) is 15.0 Å². The van der Waals surface area contributed by atoms with Crippen molar-refractivity contribution in [3.8, 4) is 0 Å². The number of amides is 4. The topological polar surface area (TPSA) is 131 Å². The number of ether oxygens (including phenoxy) is 1. The molecule has 1 spiro atoms. The van der Waals surface area contributed by atoms with E-state index in [1.807, 2.05) is 0 Å². The molecule has 4 amide bonds. The van der Waals surface area contributed by atoms with Crippen LogP contribution in [0.5, 0.6) is 0 Å². The van der Waals surface area contributed by atoms with Crippen molar-refractivity contribution in [2.75, 3.05) is 6.61 Å². The molecule has 2 N–H and O–H groups in total. The minimum absolute atomic E-state index is 0.146. The quantitative estimate of drug-likeness (QED) is 0.590. The number of nitrogens with one attached hydrogen (secondary N) is 2. The van der Waals surface area contributed by atoms with Crippen molar-refractivity contribution in [3.63, 3.8) is 0 Å². The fraction of sp³-hybridized carbons (Fsp3) is 0.588. The smallest absolute Gasteiger partial charge is 0.344 e. The second-order valence-electron chi connectivity index (χ2n) is 7.15. The number of rotatable bonds is 4. The molecule has 27 heavy (non-hydrogen) atoms. The summed E-state index contributed by atoms with van der Waals surface area (Å²) in [5.74, 6) is -1.27. The number of hydrazine groups is 1. The average Bonchev–Trinajstić information content (AvgIpc) is 3.07. The predicted octanol–water partition coefficient (Wildman–Crippen LogP) is 0.980. The first-order valence-corrected chi connectivity index (χ1v) is 8.79. The van der Waals surface area contributed by atoms with Crippen LogP contribution < -0.4 is 10.7 Å². The van der Waals surface area contributed by atoms with Gasteiger partial charge in [-0.2, -0.15) is 5.01 Å². The van der Waals surface area contributed by atoms with E-state index in [1.165, 1.54) is 0 Å². The van der Waals surface area contributed by atoms with Crippen molar-refractivity contribution in [1.82, 2.24) is 20.9 Å². The number of nitrogens with zero attached hydrogens (tertiary/aromatic N) is 2. The minimum Gasteiger partial charge on any atom is -0.452 e. The van der Waals surface area contributed by atoms with E-state index in [4.69, 9.17) is 9.26 Å². The lowest BCUT2D eigenvalue weighted by molar-refractivity contribution is -0.141. The van der Waals surface area contributed by atoms with Gasteiger partial charge in [-0.05, 0) is 45.4 Å². The Morgan fingerprint density at radius 1 is 1.33 bits per heavy atom. The van der Waals surface area contributed by atoms with Gasteiger partial charge in [0.25, 0.3) is 11.8 Å². The number of aromatic nitrogens is 1. The molecule has 1 aliphatic carbocycles. The highest BCUT2D eigenvalue weighted by Crippen LogP contribution is 2.35. The maximum absolute atomic E-state index is 12.6. The number of carbonyl (C=O) groups excluding carboxylic acids is 4. The molecule has 10 nitrogen and oxygen atoms in total. The van der Waals surface area contributed by atoms with Gasteiger partial charge in [0.2, 0.25) is 0 Å². The minimum atomic E-state index is -0.954. The zero-order valence-electron chi connectivity index (χ0n) is 15.5. The molecule has 146 valence electrons. The second-order valence-corrected chi connectivity index (χ2v) is 7.15. The average molecular weight is 378 g/mol. The number of hydrogen-bond donors (Lipinski definition) is 2. The van der Waals surface area contributed by atoms with Crippen molar-refractivity contribution in [1.29, 1.82) is 0 Å². The monoisotopic (exact) mass is 378 g/mol. The molecule has 1 aliphatic heterocycles. The molecule has 0 atom stereocenters. The van der Waals surface area contributed by atoms with Crippen LogP contribution in [0.4, 0.5) is 4.79 Å². The van der Waals surface area contributed by atoms with E-state index in [0.717, 1.165) is 12.8 Å². The Labute approximate surface area is 155 Å². The Kier molecular flexibility index (Phi) is 4.90. The Morgan fingerprint density at radius 3 is 2.59 bits per heavy atom. The summed E-state index contributed by atoms with van der Waals surface area (Å²) in [6.45, 7) is 4.57. The molecule has 0 bridgehead atoms. The zero-order chi connectivity index (χ0) is 19.8. The van der Waals surface area contributed by atoms with Crippen LogP contribution in [0.2, 0.25) is 0 Å². The van der Waals surface area contributed by atoms with Crippen LogP contribution in [0, 0.1) is 19.8 Å². The van der Waals surface area contributed by atoms with Crippen molar-refractivity contribution < 1.29 is 28.4 Å². The summed E-state index contributed by atoms with van der Waals surface area (Å²) in [5.41, 5.74) is 1.75. The van der Waals surface area contributed by atoms with Gasteiger partial charge in [0.15, 0.2) is 6.61 Å². The molecule has 3 rings (SSSR count). The number of carbonyl (C=O) groups is 4. The summed E-state index contributed by atoms with van der Waals surface area (Å²) in [5, 5.41) is 7.00. The van der Waals surface area contributed by atoms with Gasteiger partial charge in [-0.15, -0.1) is 0 Å². The molecular weight excluding hydrogens is 356 g/mol. The molecule has 1 saturated heterocycles. The summed E-state index contributed by atoms with van der Waals surface area (Å²) >= 11 is 0. The lowest BCUT2D eigenvalue weighted by Crippen LogP contribution is -2.52. The molecule has 1 aromatic rings. The first-order chi connectivity index (χ1) is 12.7. The van der Waals surface area contributed by atoms with Gasteiger partial charge in [0, 0.05) is 0 Å². The van der Waals surface area contributed by atoms with E-state index in [2.05, 4.69) is 22.8 Å². The number of imide groups is 1. The van der Waals surface area contributed by atoms with Crippen LogP contribution in [0.15, 0.2) is 4.52 Å². The highest BCUT2D eigenvalue weighted by molar-refractivity contribution is 6.08. The lowest BCUT2D eigenvalue weighted by Gasteiger charge is -2.33. The largest absolute Gasteiger partial charge is 0.452 e. The van der Waals surface area contributed by atoms with Gasteiger partial charge in [-0.25, -0.2) is 9.59 Å². The van der Waals surface area contributed by atoms with E-state index in [1.54, 1.807) is 13.8 Å². The first-order valence-electron chi connectivity index (χ1n) is 8.79. The predicted molar refractivity (Wildman–Crippen MR) is 90.1 cm³/mol. The summed E-state index contributed by atoms with van der Waals surface area (Å²) in [4.78, 5) is 48.9. The molecule has 0 radical (unpaired) electrons. The summed E-state index contributed by atoms with van der Waals surface area (Å²) in [6.07, 6.45) is 2.71. The van der Waals surface area contributed by atoms with Gasteiger partial charge in [-0.1, -0.05) is 12.1 Å². The van der Waals surface area contributed by atoms with Crippen LogP contribution in [0.1, 0.15) is 54.4 Å². The molecule has 0 unspecified atom stereocenters. The van der Waals surface area contributed by atoms with E-state index in [9.17, 15) is 19.2 Å². The highest BCUT2D eigenvalue weighted by Gasteiger charge is 2.52. The van der Waals surface area contributed by atoms with Crippen molar-refractivity contribution >= 4 is 23.8 Å². The molecule has 1 saturated carbocycles. The Bertz CT molecular complexity index is 774. The van der Waals surface area contributed by atoms with Crippen molar-refractivity contribution in [2.45, 2.75) is 52.0 Å². The lowest BCUT2D eigenvalue weighted by atomic mass is 9.77. The SMILES string of the molecule is Cc1noc(C)c1C(=O)OCC(=O)NN1C(=O)NC2(CCC(C)CC2)C1=O. The number of aryl methyl sites for hydroxylation is 2. The van der Waals surface area contributed by atoms with Crippen molar-refractivity contribution in [2.24, 2.45) is 5.92 Å². The molecule has 2 heterocycles. The van der Waals surface area contributed by atoms with E-state index in [-0.39, 0.29) is 11.3 Å². The highest BCUT2D eigenvalue weighted by atomic mass is 16.5. The third-order valence-corrected chi connectivity index (χ3v) is 5.10. The maximum atomic E-state index is 12.6. The van der Waals surface area contributed by atoms with E-state index < -0.39 is 36.0 Å². The Hall–Kier alpha value is -2.91. The van der Waals surface area contributed by atoms with Gasteiger partial charge >= 0.3 is 12.0 Å². The molecule has 2 fully saturated rings. The Balaban J connectivity index is 1.57. The van der Waals surface area contributed by atoms with Crippen LogP contribution in [-0.4, -0.2) is 46.1 Å². The van der Waals surface area contributed by atoms with Crippen LogP contribution in [-0.2, 0) is 14.3 Å². The molecule has 2 aliphatic rings. The second kappa shape index (κ2) is 7.01. The molecule has 10 heteroatoms. The third-order valence-electron chi connectivity index (χ3n) is 5.10. The number of urea groups is 1. The third kappa shape index (κ3) is 3.51. The summed E-state index contributed by atoms with van der Waals surface area (Å²) in [6, 6.07) is -0.681. The van der Waals surface area contributed by atoms with Gasteiger partial charge in [0.05, 0.1) is 5.69 Å². The van der Waals surface area contributed by atoms with Crippen LogP contribution in [0.25, 0.3) is 0 Å². The standard InChI is InChI=1S/C17H22N4O6/c1-9-4-6-17(7-5-9)15(24)21(16(25)18-17)19-12(22)8-26-14(23)13-10(2)20-27-11(13)3/h9H,4-8H2,1-3H3,(H,18,25)(H,19,22). The first kappa shape index (κ1) is 18.9. The molecule has 1 aromatic heterocycles. The fourth-order valence-electron chi connectivity index (χ4n) is 3.45. The fourth-order valence-corrected chi connectivity index (χ4v) is 3.45.